The molecule has 0 saturated carbocycles. The van der Waals surface area contributed by atoms with E-state index in [4.69, 9.17) is 11.6 Å². The minimum atomic E-state index is 0.498. The summed E-state index contributed by atoms with van der Waals surface area (Å²) in [6, 6.07) is 1.91. The summed E-state index contributed by atoms with van der Waals surface area (Å²) < 4.78 is 2.80. The van der Waals surface area contributed by atoms with Crippen molar-refractivity contribution in [3.05, 3.63) is 26.7 Å². The highest BCUT2D eigenvalue weighted by atomic mass is 127. The van der Waals surface area contributed by atoms with E-state index in [-0.39, 0.29) is 0 Å². The van der Waals surface area contributed by atoms with E-state index in [2.05, 4.69) is 44.6 Å². The Bertz CT molecular complexity index is 515. The van der Waals surface area contributed by atoms with Gasteiger partial charge >= 0.3 is 0 Å². The highest BCUT2D eigenvalue weighted by Gasteiger charge is 2.12. The van der Waals surface area contributed by atoms with Crippen LogP contribution in [0, 0.1) is 10.5 Å². The molecule has 0 aliphatic heterocycles. The summed E-state index contributed by atoms with van der Waals surface area (Å²) in [5.41, 5.74) is 1.80. The first-order chi connectivity index (χ1) is 8.13. The zero-order valence-electron chi connectivity index (χ0n) is 9.61. The second-order valence-corrected chi connectivity index (χ2v) is 5.11. The molecule has 0 aliphatic carbocycles. The van der Waals surface area contributed by atoms with Crippen molar-refractivity contribution < 1.29 is 0 Å². The van der Waals surface area contributed by atoms with Crippen LogP contribution in [-0.2, 0) is 6.54 Å². The van der Waals surface area contributed by atoms with Crippen LogP contribution in [0.2, 0.25) is 5.15 Å². The summed E-state index contributed by atoms with van der Waals surface area (Å²) in [6.45, 7) is 4.90. The number of halogens is 2. The van der Waals surface area contributed by atoms with Gasteiger partial charge in [0.15, 0.2) is 5.82 Å². The number of nitrogens with zero attached hydrogens (tertiary/aromatic N) is 4. The van der Waals surface area contributed by atoms with Gasteiger partial charge in [0.05, 0.1) is 9.26 Å². The van der Waals surface area contributed by atoms with Crippen LogP contribution in [0.3, 0.4) is 0 Å². The Balaban J connectivity index is 2.49. The summed E-state index contributed by atoms with van der Waals surface area (Å²) in [6.07, 6.45) is 2.78. The third-order valence-electron chi connectivity index (χ3n) is 2.36. The third-order valence-corrected chi connectivity index (χ3v) is 4.24. The lowest BCUT2D eigenvalue weighted by Gasteiger charge is -2.07. The Labute approximate surface area is 119 Å². The molecule has 0 aliphatic rings. The molecule has 0 atom stereocenters. The molecule has 0 radical (unpaired) electrons. The average Bonchev–Trinajstić information content (AvgIpc) is 2.74. The molecule has 0 aromatic carbocycles. The zero-order chi connectivity index (χ0) is 12.4. The molecule has 4 nitrogen and oxygen atoms in total. The van der Waals surface area contributed by atoms with Crippen LogP contribution in [0.1, 0.15) is 19.0 Å². The predicted octanol–water partition coefficient (Wildman–Crippen LogP) is 3.32. The number of aryl methyl sites for hydroxylation is 2. The van der Waals surface area contributed by atoms with E-state index in [1.807, 2.05) is 17.7 Å². The van der Waals surface area contributed by atoms with Crippen molar-refractivity contribution in [2.75, 3.05) is 0 Å². The molecule has 2 aromatic rings. The minimum Gasteiger partial charge on any atom is -0.262 e. The Hall–Kier alpha value is -0.690. The lowest BCUT2D eigenvalue weighted by atomic mass is 10.3. The van der Waals surface area contributed by atoms with E-state index in [1.165, 1.54) is 0 Å². The van der Waals surface area contributed by atoms with Crippen molar-refractivity contribution in [2.24, 2.45) is 0 Å². The number of rotatable bonds is 3. The minimum absolute atomic E-state index is 0.498. The third kappa shape index (κ3) is 2.60. The lowest BCUT2D eigenvalue weighted by molar-refractivity contribution is 0.606. The summed E-state index contributed by atoms with van der Waals surface area (Å²) in [4.78, 5) is 8.76. The Morgan fingerprint density at radius 1 is 1.41 bits per heavy atom. The van der Waals surface area contributed by atoms with E-state index in [0.717, 1.165) is 27.9 Å². The maximum Gasteiger partial charge on any atom is 0.179 e. The van der Waals surface area contributed by atoms with Crippen LogP contribution < -0.4 is 0 Å². The molecule has 6 heteroatoms. The standard InChI is InChI=1S/C11H12ClIN4/c1-3-6-17-8(4-5-14-17)11-15-7(2)9(13)10(12)16-11/h4-5H,3,6H2,1-2H3. The molecule has 2 heterocycles. The fourth-order valence-corrected chi connectivity index (χ4v) is 2.01. The predicted molar refractivity (Wildman–Crippen MR) is 76.0 cm³/mol. The summed E-state index contributed by atoms with van der Waals surface area (Å²) in [5, 5.41) is 4.75. The molecule has 90 valence electrons. The summed E-state index contributed by atoms with van der Waals surface area (Å²) in [7, 11) is 0. The van der Waals surface area contributed by atoms with Crippen molar-refractivity contribution in [2.45, 2.75) is 26.8 Å². The van der Waals surface area contributed by atoms with E-state index >= 15 is 0 Å². The average molecular weight is 363 g/mol. The van der Waals surface area contributed by atoms with E-state index < -0.39 is 0 Å². The Morgan fingerprint density at radius 3 is 2.82 bits per heavy atom. The van der Waals surface area contributed by atoms with Gasteiger partial charge in [-0.2, -0.15) is 5.10 Å². The maximum absolute atomic E-state index is 6.08. The quantitative estimate of drug-likeness (QED) is 0.621. The zero-order valence-corrected chi connectivity index (χ0v) is 12.5. The molecule has 0 unspecified atom stereocenters. The molecular formula is C11H12ClIN4. The van der Waals surface area contributed by atoms with Crippen molar-refractivity contribution in [3.8, 4) is 11.5 Å². The maximum atomic E-state index is 6.08. The van der Waals surface area contributed by atoms with Crippen LogP contribution in [0.15, 0.2) is 12.3 Å². The lowest BCUT2D eigenvalue weighted by Crippen LogP contribution is -2.05. The number of hydrogen-bond donors (Lipinski definition) is 0. The van der Waals surface area contributed by atoms with Gasteiger partial charge in [0.25, 0.3) is 0 Å². The first-order valence-corrected chi connectivity index (χ1v) is 6.81. The van der Waals surface area contributed by atoms with Gasteiger partial charge < -0.3 is 0 Å². The smallest absolute Gasteiger partial charge is 0.179 e. The Morgan fingerprint density at radius 2 is 2.18 bits per heavy atom. The monoisotopic (exact) mass is 362 g/mol. The molecular weight excluding hydrogens is 351 g/mol. The Kier molecular flexibility index (Phi) is 3.98. The second-order valence-electron chi connectivity index (χ2n) is 3.68. The van der Waals surface area contributed by atoms with E-state index in [0.29, 0.717) is 11.0 Å². The molecule has 0 N–H and O–H groups in total. The number of hydrogen-bond acceptors (Lipinski definition) is 3. The number of aromatic nitrogens is 4. The molecule has 2 aromatic heterocycles. The van der Waals surface area contributed by atoms with Crippen LogP contribution in [-0.4, -0.2) is 19.7 Å². The van der Waals surface area contributed by atoms with Crippen molar-refractivity contribution in [1.82, 2.24) is 19.7 Å². The largest absolute Gasteiger partial charge is 0.262 e. The molecule has 0 bridgehead atoms. The summed E-state index contributed by atoms with van der Waals surface area (Å²) in [5.74, 6) is 0.638. The second kappa shape index (κ2) is 5.30. The van der Waals surface area contributed by atoms with Gasteiger partial charge in [-0.1, -0.05) is 18.5 Å². The molecule has 0 fully saturated rings. The van der Waals surface area contributed by atoms with Gasteiger partial charge in [-0.05, 0) is 42.0 Å². The van der Waals surface area contributed by atoms with Gasteiger partial charge in [-0.25, -0.2) is 9.97 Å². The van der Waals surface area contributed by atoms with Gasteiger partial charge in [0, 0.05) is 12.7 Å². The first kappa shape index (κ1) is 12.8. The van der Waals surface area contributed by atoms with Crippen LogP contribution >= 0.6 is 34.2 Å². The highest BCUT2D eigenvalue weighted by Crippen LogP contribution is 2.23. The fraction of sp³-hybridized carbons (Fsp3) is 0.364. The van der Waals surface area contributed by atoms with Gasteiger partial charge in [-0.3, -0.25) is 4.68 Å². The molecule has 0 saturated heterocycles. The fourth-order valence-electron chi connectivity index (χ4n) is 1.55. The highest BCUT2D eigenvalue weighted by molar-refractivity contribution is 14.1. The van der Waals surface area contributed by atoms with Gasteiger partial charge in [0.1, 0.15) is 10.8 Å². The molecule has 0 spiro atoms. The normalized spacial score (nSPS) is 10.8. The van der Waals surface area contributed by atoms with Gasteiger partial charge in [0.2, 0.25) is 0 Å². The topological polar surface area (TPSA) is 43.6 Å². The molecule has 0 amide bonds. The van der Waals surface area contributed by atoms with Crippen molar-refractivity contribution >= 4 is 34.2 Å². The SMILES string of the molecule is CCCn1nccc1-c1nc(C)c(I)c(Cl)n1. The first-order valence-electron chi connectivity index (χ1n) is 5.35. The van der Waals surface area contributed by atoms with Crippen molar-refractivity contribution in [1.29, 1.82) is 0 Å². The van der Waals surface area contributed by atoms with Crippen LogP contribution in [0.25, 0.3) is 11.5 Å². The van der Waals surface area contributed by atoms with Crippen LogP contribution in [0.5, 0.6) is 0 Å². The van der Waals surface area contributed by atoms with E-state index in [1.54, 1.807) is 6.20 Å². The van der Waals surface area contributed by atoms with E-state index in [9.17, 15) is 0 Å². The molecule has 17 heavy (non-hydrogen) atoms. The summed E-state index contributed by atoms with van der Waals surface area (Å²) >= 11 is 8.23. The van der Waals surface area contributed by atoms with Crippen molar-refractivity contribution in [3.63, 3.8) is 0 Å². The van der Waals surface area contributed by atoms with Gasteiger partial charge in [-0.15, -0.1) is 0 Å². The molecule has 2 rings (SSSR count). The van der Waals surface area contributed by atoms with Crippen LogP contribution in [0.4, 0.5) is 0 Å².